The molecule has 1 aliphatic carbocycles. The van der Waals surface area contributed by atoms with E-state index in [9.17, 15) is 9.90 Å². The minimum Gasteiger partial charge on any atom is -0.455 e. The molecular weight excluding hydrogens is 160 g/mol. The summed E-state index contributed by atoms with van der Waals surface area (Å²) in [6, 6.07) is 0. The molecule has 0 spiro atoms. The van der Waals surface area contributed by atoms with Gasteiger partial charge < -0.3 is 14.6 Å². The molecule has 4 nitrogen and oxygen atoms in total. The first-order chi connectivity index (χ1) is 5.68. The highest BCUT2D eigenvalue weighted by atomic mass is 16.6. The molecule has 0 aromatic rings. The number of carbonyl (C=O) groups excluding carboxylic acids is 1. The normalized spacial score (nSPS) is 43.5. The van der Waals surface area contributed by atoms with Crippen LogP contribution in [0.25, 0.3) is 0 Å². The van der Waals surface area contributed by atoms with Crippen molar-refractivity contribution < 1.29 is 19.4 Å². The summed E-state index contributed by atoms with van der Waals surface area (Å²) in [5.74, 6) is -0.324. The number of hydrogen-bond acceptors (Lipinski definition) is 4. The van der Waals surface area contributed by atoms with Gasteiger partial charge in [-0.1, -0.05) is 6.08 Å². The first-order valence-electron chi connectivity index (χ1n) is 3.87. The summed E-state index contributed by atoms with van der Waals surface area (Å²) < 4.78 is 10.0. The van der Waals surface area contributed by atoms with E-state index < -0.39 is 6.10 Å². The second-order valence-electron chi connectivity index (χ2n) is 3.01. The average Bonchev–Trinajstić information content (AvgIpc) is 2.73. The fourth-order valence-electron chi connectivity index (χ4n) is 1.42. The molecule has 2 rings (SSSR count). The predicted octanol–water partition coefficient (Wildman–Crippen LogP) is -0.384. The molecule has 0 amide bonds. The zero-order valence-electron chi connectivity index (χ0n) is 6.64. The zero-order valence-corrected chi connectivity index (χ0v) is 6.64. The Labute approximate surface area is 69.8 Å². The molecule has 0 unspecified atom stereocenters. The lowest BCUT2D eigenvalue weighted by atomic mass is 10.0. The van der Waals surface area contributed by atoms with Crippen molar-refractivity contribution in [1.29, 1.82) is 0 Å². The summed E-state index contributed by atoms with van der Waals surface area (Å²) in [5.41, 5.74) is 0. The third-order valence-corrected chi connectivity index (χ3v) is 2.02. The quantitative estimate of drug-likeness (QED) is 0.331. The Morgan fingerprint density at radius 3 is 2.92 bits per heavy atom. The number of hydrogen-bond donors (Lipinski definition) is 1. The molecule has 2 aliphatic rings. The molecule has 1 heterocycles. The Morgan fingerprint density at radius 1 is 1.50 bits per heavy atom. The topological polar surface area (TPSA) is 59.1 Å². The van der Waals surface area contributed by atoms with E-state index in [0.29, 0.717) is 0 Å². The third kappa shape index (κ3) is 1.23. The molecule has 4 atom stereocenters. The molecule has 1 saturated heterocycles. The van der Waals surface area contributed by atoms with Crippen LogP contribution < -0.4 is 0 Å². The van der Waals surface area contributed by atoms with Gasteiger partial charge in [0, 0.05) is 6.92 Å². The average molecular weight is 170 g/mol. The first kappa shape index (κ1) is 7.76. The zero-order chi connectivity index (χ0) is 8.72. The fraction of sp³-hybridized carbons (Fsp3) is 0.625. The van der Waals surface area contributed by atoms with Crippen molar-refractivity contribution in [3.8, 4) is 0 Å². The summed E-state index contributed by atoms with van der Waals surface area (Å²) >= 11 is 0. The van der Waals surface area contributed by atoms with E-state index in [0.717, 1.165) is 0 Å². The summed E-state index contributed by atoms with van der Waals surface area (Å²) in [5, 5.41) is 9.22. The van der Waals surface area contributed by atoms with Crippen LogP contribution in [-0.4, -0.2) is 35.5 Å². The number of carbonyl (C=O) groups is 1. The van der Waals surface area contributed by atoms with Crippen LogP contribution in [0.4, 0.5) is 0 Å². The predicted molar refractivity (Wildman–Crippen MR) is 39.4 cm³/mol. The second-order valence-corrected chi connectivity index (χ2v) is 3.01. The smallest absolute Gasteiger partial charge is 0.303 e. The van der Waals surface area contributed by atoms with Crippen molar-refractivity contribution in [2.24, 2.45) is 0 Å². The van der Waals surface area contributed by atoms with Crippen molar-refractivity contribution in [3.05, 3.63) is 12.2 Å². The maximum atomic E-state index is 10.6. The molecule has 12 heavy (non-hydrogen) atoms. The number of rotatable bonds is 1. The first-order valence-corrected chi connectivity index (χ1v) is 3.87. The van der Waals surface area contributed by atoms with E-state index in [2.05, 4.69) is 0 Å². The lowest BCUT2D eigenvalue weighted by molar-refractivity contribution is -0.145. The maximum Gasteiger partial charge on any atom is 0.303 e. The molecule has 0 aromatic heterocycles. The standard InChI is InChI=1S/C8H10O4/c1-4(9)11-6-3-2-5(10)7-8(6)12-7/h2-3,5-8,10H,1H3/t5-,6+,7+,8-/m0/s1. The van der Waals surface area contributed by atoms with Gasteiger partial charge in [-0.25, -0.2) is 0 Å². The van der Waals surface area contributed by atoms with E-state index in [1.54, 1.807) is 12.2 Å². The molecular formula is C8H10O4. The second kappa shape index (κ2) is 2.57. The van der Waals surface area contributed by atoms with Crippen LogP contribution in [0.15, 0.2) is 12.2 Å². The van der Waals surface area contributed by atoms with Crippen LogP contribution >= 0.6 is 0 Å². The molecule has 0 radical (unpaired) electrons. The van der Waals surface area contributed by atoms with Gasteiger partial charge in [-0.05, 0) is 6.08 Å². The van der Waals surface area contributed by atoms with Crippen molar-refractivity contribution in [2.45, 2.75) is 31.3 Å². The lowest BCUT2D eigenvalue weighted by Gasteiger charge is -2.14. The van der Waals surface area contributed by atoms with Gasteiger partial charge in [-0.2, -0.15) is 0 Å². The van der Waals surface area contributed by atoms with Gasteiger partial charge >= 0.3 is 5.97 Å². The van der Waals surface area contributed by atoms with Gasteiger partial charge in [0.05, 0.1) is 0 Å². The third-order valence-electron chi connectivity index (χ3n) is 2.02. The number of esters is 1. The summed E-state index contributed by atoms with van der Waals surface area (Å²) in [6.45, 7) is 1.36. The van der Waals surface area contributed by atoms with Crippen molar-refractivity contribution in [1.82, 2.24) is 0 Å². The maximum absolute atomic E-state index is 10.6. The lowest BCUT2D eigenvalue weighted by Crippen LogP contribution is -2.29. The Bertz CT molecular complexity index is 235. The highest BCUT2D eigenvalue weighted by molar-refractivity contribution is 5.66. The number of fused-ring (bicyclic) bond motifs is 1. The monoisotopic (exact) mass is 170 g/mol. The Hall–Kier alpha value is -0.870. The summed E-state index contributed by atoms with van der Waals surface area (Å²) in [4.78, 5) is 10.6. The Morgan fingerprint density at radius 2 is 2.25 bits per heavy atom. The molecule has 1 aliphatic heterocycles. The van der Waals surface area contributed by atoms with E-state index in [4.69, 9.17) is 9.47 Å². The number of epoxide rings is 1. The van der Waals surface area contributed by atoms with Gasteiger partial charge in [0.25, 0.3) is 0 Å². The number of ether oxygens (including phenoxy) is 2. The van der Waals surface area contributed by atoms with Crippen LogP contribution in [0.2, 0.25) is 0 Å². The van der Waals surface area contributed by atoms with Crippen LogP contribution in [0.3, 0.4) is 0 Å². The van der Waals surface area contributed by atoms with Gasteiger partial charge in [-0.3, -0.25) is 4.79 Å². The molecule has 4 heteroatoms. The van der Waals surface area contributed by atoms with E-state index in [-0.39, 0.29) is 24.3 Å². The largest absolute Gasteiger partial charge is 0.455 e. The van der Waals surface area contributed by atoms with Crippen molar-refractivity contribution in [2.75, 3.05) is 0 Å². The SMILES string of the molecule is CC(=O)O[C@@H]1C=C[C@H](O)[C@H]2O[C@H]21. The van der Waals surface area contributed by atoms with Crippen molar-refractivity contribution >= 4 is 5.97 Å². The van der Waals surface area contributed by atoms with E-state index >= 15 is 0 Å². The van der Waals surface area contributed by atoms with Crippen LogP contribution in [-0.2, 0) is 14.3 Å². The van der Waals surface area contributed by atoms with Crippen LogP contribution in [0, 0.1) is 0 Å². The molecule has 66 valence electrons. The summed E-state index contributed by atoms with van der Waals surface area (Å²) in [6.07, 6.45) is 2.12. The Kier molecular flexibility index (Phi) is 1.66. The van der Waals surface area contributed by atoms with Crippen molar-refractivity contribution in [3.63, 3.8) is 0 Å². The summed E-state index contributed by atoms with van der Waals surface area (Å²) in [7, 11) is 0. The highest BCUT2D eigenvalue weighted by Crippen LogP contribution is 2.34. The fourth-order valence-corrected chi connectivity index (χ4v) is 1.42. The van der Waals surface area contributed by atoms with Gasteiger partial charge in [-0.15, -0.1) is 0 Å². The van der Waals surface area contributed by atoms with Gasteiger partial charge in [0.1, 0.15) is 24.4 Å². The minimum atomic E-state index is -0.540. The van der Waals surface area contributed by atoms with Crippen LogP contribution in [0.1, 0.15) is 6.92 Å². The van der Waals surface area contributed by atoms with Crippen LogP contribution in [0.5, 0.6) is 0 Å². The van der Waals surface area contributed by atoms with E-state index in [1.807, 2.05) is 0 Å². The Balaban J connectivity index is 2.00. The van der Waals surface area contributed by atoms with Gasteiger partial charge in [0.2, 0.25) is 0 Å². The molecule has 0 saturated carbocycles. The minimum absolute atomic E-state index is 0.131. The van der Waals surface area contributed by atoms with E-state index in [1.165, 1.54) is 6.92 Å². The van der Waals surface area contributed by atoms with Gasteiger partial charge in [0.15, 0.2) is 0 Å². The molecule has 0 bridgehead atoms. The molecule has 1 N–H and O–H groups in total. The number of aliphatic hydroxyl groups is 1. The highest BCUT2D eigenvalue weighted by Gasteiger charge is 2.51. The number of aliphatic hydroxyl groups excluding tert-OH is 1. The molecule has 1 fully saturated rings. The molecule has 0 aromatic carbocycles.